The molecule has 0 bridgehead atoms. The van der Waals surface area contributed by atoms with E-state index in [1.165, 1.54) is 38.3 Å². The lowest BCUT2D eigenvalue weighted by Gasteiger charge is -2.13. The van der Waals surface area contributed by atoms with Crippen LogP contribution >= 0.6 is 0 Å². The van der Waals surface area contributed by atoms with E-state index in [9.17, 15) is 24.0 Å². The number of ketones is 2. The summed E-state index contributed by atoms with van der Waals surface area (Å²) in [5, 5.41) is 2.62. The number of anilines is 1. The molecule has 0 aliphatic rings. The molecule has 202 valence electrons. The Kier molecular flexibility index (Phi) is 10.1. The van der Waals surface area contributed by atoms with Gasteiger partial charge in [-0.15, -0.1) is 0 Å². The van der Waals surface area contributed by atoms with Crippen LogP contribution in [0.15, 0.2) is 72.8 Å². The first-order chi connectivity index (χ1) is 18.7. The third-order valence-electron chi connectivity index (χ3n) is 5.72. The molecule has 0 aliphatic carbocycles. The van der Waals surface area contributed by atoms with E-state index in [1.54, 1.807) is 48.5 Å². The van der Waals surface area contributed by atoms with Crippen LogP contribution in [0.1, 0.15) is 56.4 Å². The Balaban J connectivity index is 1.40. The topological polar surface area (TPSA) is 125 Å². The minimum absolute atomic E-state index is 0.160. The molecule has 0 saturated carbocycles. The fourth-order valence-electron chi connectivity index (χ4n) is 3.47. The van der Waals surface area contributed by atoms with Crippen molar-refractivity contribution in [3.05, 3.63) is 95.1 Å². The summed E-state index contributed by atoms with van der Waals surface area (Å²) in [5.74, 6) is -1.88. The third-order valence-corrected chi connectivity index (χ3v) is 5.72. The lowest BCUT2D eigenvalue weighted by molar-refractivity contribution is -0.147. The van der Waals surface area contributed by atoms with E-state index in [1.807, 2.05) is 6.92 Å². The smallest absolute Gasteiger partial charge is 0.338 e. The zero-order chi connectivity index (χ0) is 28.4. The fraction of sp³-hybridized carbons (Fsp3) is 0.233. The number of amides is 1. The standard InChI is InChI=1S/C30H29NO8/c1-19-4-6-21(7-5-19)26(32)18-38-30(36)23-8-12-24(13-9-23)31-27(33)16-17-28(34)39-20(2)29(35)22-10-14-25(37-3)15-11-22/h4-15,20H,16-18H2,1-3H3,(H,31,33). The Morgan fingerprint density at radius 2 is 1.36 bits per heavy atom. The van der Waals surface area contributed by atoms with Gasteiger partial charge in [0.25, 0.3) is 0 Å². The Hall–Kier alpha value is -4.79. The number of Topliss-reactive ketones (excluding diaryl/α,β-unsaturated/α-hetero) is 2. The molecule has 0 aliphatic heterocycles. The summed E-state index contributed by atoms with van der Waals surface area (Å²) in [5.41, 5.74) is 2.46. The molecule has 39 heavy (non-hydrogen) atoms. The maximum absolute atomic E-state index is 12.4. The SMILES string of the molecule is COc1ccc(C(=O)C(C)OC(=O)CCC(=O)Nc2ccc(C(=O)OCC(=O)c3ccc(C)cc3)cc2)cc1. The predicted molar refractivity (Wildman–Crippen MR) is 143 cm³/mol. The van der Waals surface area contributed by atoms with Crippen molar-refractivity contribution in [1.82, 2.24) is 0 Å². The first-order valence-electron chi connectivity index (χ1n) is 12.2. The summed E-state index contributed by atoms with van der Waals surface area (Å²) in [6.45, 7) is 2.99. The summed E-state index contributed by atoms with van der Waals surface area (Å²) in [6.07, 6.45) is -1.38. The Bertz CT molecular complexity index is 1330. The largest absolute Gasteiger partial charge is 0.497 e. The normalized spacial score (nSPS) is 11.2. The molecule has 1 atom stereocenters. The molecule has 9 nitrogen and oxygen atoms in total. The van der Waals surface area contributed by atoms with Gasteiger partial charge < -0.3 is 19.5 Å². The third kappa shape index (κ3) is 8.63. The molecule has 1 N–H and O–H groups in total. The van der Waals surface area contributed by atoms with Crippen LogP contribution in [-0.2, 0) is 19.1 Å². The van der Waals surface area contributed by atoms with Crippen molar-refractivity contribution in [2.75, 3.05) is 19.0 Å². The second kappa shape index (κ2) is 13.7. The lowest BCUT2D eigenvalue weighted by atomic mass is 10.1. The Labute approximate surface area is 226 Å². The van der Waals surface area contributed by atoms with E-state index in [-0.39, 0.29) is 36.6 Å². The number of carbonyl (C=O) groups is 5. The average Bonchev–Trinajstić information content (AvgIpc) is 2.95. The lowest BCUT2D eigenvalue weighted by Crippen LogP contribution is -2.25. The van der Waals surface area contributed by atoms with Crippen molar-refractivity contribution < 1.29 is 38.2 Å². The molecule has 0 fully saturated rings. The fourth-order valence-corrected chi connectivity index (χ4v) is 3.47. The van der Waals surface area contributed by atoms with E-state index in [2.05, 4.69) is 5.32 Å². The van der Waals surface area contributed by atoms with Crippen molar-refractivity contribution >= 4 is 35.1 Å². The monoisotopic (exact) mass is 531 g/mol. The molecule has 3 rings (SSSR count). The van der Waals surface area contributed by atoms with Gasteiger partial charge in [-0.05, 0) is 62.4 Å². The van der Waals surface area contributed by atoms with E-state index in [0.717, 1.165) is 5.56 Å². The van der Waals surface area contributed by atoms with Gasteiger partial charge in [-0.2, -0.15) is 0 Å². The van der Waals surface area contributed by atoms with Gasteiger partial charge in [0.05, 0.1) is 19.1 Å². The Morgan fingerprint density at radius 1 is 0.769 bits per heavy atom. The first kappa shape index (κ1) is 28.8. The summed E-state index contributed by atoms with van der Waals surface area (Å²) >= 11 is 0. The van der Waals surface area contributed by atoms with Gasteiger partial charge in [-0.1, -0.05) is 29.8 Å². The van der Waals surface area contributed by atoms with E-state index >= 15 is 0 Å². The zero-order valence-electron chi connectivity index (χ0n) is 21.9. The molecule has 0 radical (unpaired) electrons. The molecule has 3 aromatic rings. The summed E-state index contributed by atoms with van der Waals surface area (Å²) in [6, 6.07) is 19.3. The van der Waals surface area contributed by atoms with Crippen LogP contribution in [0.25, 0.3) is 0 Å². The molecule has 9 heteroatoms. The van der Waals surface area contributed by atoms with Gasteiger partial charge >= 0.3 is 11.9 Å². The van der Waals surface area contributed by atoms with Gasteiger partial charge in [-0.3, -0.25) is 19.2 Å². The number of benzene rings is 3. The van der Waals surface area contributed by atoms with Gasteiger partial charge in [0, 0.05) is 23.2 Å². The predicted octanol–water partition coefficient (Wildman–Crippen LogP) is 4.58. The minimum atomic E-state index is -1.01. The van der Waals surface area contributed by atoms with E-state index in [4.69, 9.17) is 14.2 Å². The molecular weight excluding hydrogens is 502 g/mol. The van der Waals surface area contributed by atoms with Gasteiger partial charge in [0.15, 0.2) is 18.5 Å². The molecule has 3 aromatic carbocycles. The maximum Gasteiger partial charge on any atom is 0.338 e. The molecule has 0 aromatic heterocycles. The van der Waals surface area contributed by atoms with Crippen LogP contribution < -0.4 is 10.1 Å². The van der Waals surface area contributed by atoms with Crippen LogP contribution in [0.4, 0.5) is 5.69 Å². The number of hydrogen-bond donors (Lipinski definition) is 1. The maximum atomic E-state index is 12.4. The number of esters is 2. The average molecular weight is 532 g/mol. The Morgan fingerprint density at radius 3 is 1.97 bits per heavy atom. The second-order valence-electron chi connectivity index (χ2n) is 8.72. The van der Waals surface area contributed by atoms with Crippen molar-refractivity contribution in [2.45, 2.75) is 32.8 Å². The van der Waals surface area contributed by atoms with Crippen molar-refractivity contribution in [3.8, 4) is 5.75 Å². The quantitative estimate of drug-likeness (QED) is 0.266. The van der Waals surface area contributed by atoms with Crippen molar-refractivity contribution in [2.24, 2.45) is 0 Å². The van der Waals surface area contributed by atoms with Crippen LogP contribution in [0, 0.1) is 6.92 Å². The van der Waals surface area contributed by atoms with Gasteiger partial charge in [0.1, 0.15) is 5.75 Å². The number of methoxy groups -OCH3 is 1. The highest BCUT2D eigenvalue weighted by Gasteiger charge is 2.20. The number of carbonyl (C=O) groups excluding carboxylic acids is 5. The molecular formula is C30H29NO8. The number of nitrogens with one attached hydrogen (secondary N) is 1. The second-order valence-corrected chi connectivity index (χ2v) is 8.72. The van der Waals surface area contributed by atoms with Crippen molar-refractivity contribution in [3.63, 3.8) is 0 Å². The number of aryl methyl sites for hydroxylation is 1. The summed E-state index contributed by atoms with van der Waals surface area (Å²) in [4.78, 5) is 61.2. The molecule has 1 unspecified atom stereocenters. The van der Waals surface area contributed by atoms with Crippen molar-refractivity contribution in [1.29, 1.82) is 0 Å². The highest BCUT2D eigenvalue weighted by molar-refractivity contribution is 6.01. The molecule has 0 heterocycles. The van der Waals surface area contributed by atoms with Crippen LogP contribution in [0.5, 0.6) is 5.75 Å². The zero-order valence-corrected chi connectivity index (χ0v) is 21.9. The van der Waals surface area contributed by atoms with E-state index < -0.39 is 23.9 Å². The summed E-state index contributed by atoms with van der Waals surface area (Å²) in [7, 11) is 1.52. The number of ether oxygens (including phenoxy) is 3. The minimum Gasteiger partial charge on any atom is -0.497 e. The van der Waals surface area contributed by atoms with Gasteiger partial charge in [0.2, 0.25) is 11.7 Å². The highest BCUT2D eigenvalue weighted by Crippen LogP contribution is 2.15. The van der Waals surface area contributed by atoms with Gasteiger partial charge in [-0.25, -0.2) is 4.79 Å². The summed E-state index contributed by atoms with van der Waals surface area (Å²) < 4.78 is 15.3. The van der Waals surface area contributed by atoms with Crippen LogP contribution in [0.2, 0.25) is 0 Å². The highest BCUT2D eigenvalue weighted by atomic mass is 16.5. The first-order valence-corrected chi connectivity index (χ1v) is 12.2. The van der Waals surface area contributed by atoms with Crippen LogP contribution in [-0.4, -0.2) is 49.2 Å². The molecule has 0 saturated heterocycles. The molecule has 0 spiro atoms. The van der Waals surface area contributed by atoms with E-state index in [0.29, 0.717) is 22.6 Å². The van der Waals surface area contributed by atoms with Crippen LogP contribution in [0.3, 0.4) is 0 Å². The number of rotatable bonds is 12. The number of hydrogen-bond acceptors (Lipinski definition) is 8. The molecule has 1 amide bonds.